The van der Waals surface area contributed by atoms with E-state index in [4.69, 9.17) is 14.2 Å². The number of hydrogen-bond acceptors (Lipinski definition) is 4. The van der Waals surface area contributed by atoms with E-state index in [9.17, 15) is 9.90 Å². The third-order valence-corrected chi connectivity index (χ3v) is 3.39. The summed E-state index contributed by atoms with van der Waals surface area (Å²) in [6, 6.07) is 12.4. The molecule has 23 heavy (non-hydrogen) atoms. The molecule has 0 unspecified atom stereocenters. The summed E-state index contributed by atoms with van der Waals surface area (Å²) in [5.74, 6) is 0.872. The molecule has 0 aromatic heterocycles. The molecule has 5 heteroatoms. The van der Waals surface area contributed by atoms with Gasteiger partial charge in [-0.1, -0.05) is 18.2 Å². The van der Waals surface area contributed by atoms with E-state index >= 15 is 0 Å². The van der Waals surface area contributed by atoms with Crippen LogP contribution in [0.4, 0.5) is 0 Å². The Hall–Kier alpha value is -2.95. The number of ether oxygens (including phenoxy) is 3. The summed E-state index contributed by atoms with van der Waals surface area (Å²) in [5.41, 5.74) is 1.49. The molecule has 1 N–H and O–H groups in total. The van der Waals surface area contributed by atoms with Crippen molar-refractivity contribution in [3.63, 3.8) is 0 Å². The Balaban J connectivity index is 1.98. The Morgan fingerprint density at radius 3 is 2.83 bits per heavy atom. The molecule has 2 aromatic rings. The number of aliphatic carboxylic acids is 1. The van der Waals surface area contributed by atoms with Gasteiger partial charge in [-0.15, -0.1) is 0 Å². The maximum absolute atomic E-state index is 11.6. The van der Waals surface area contributed by atoms with Gasteiger partial charge >= 0.3 is 5.97 Å². The van der Waals surface area contributed by atoms with Gasteiger partial charge in [0.25, 0.3) is 0 Å². The van der Waals surface area contributed by atoms with Gasteiger partial charge in [0.1, 0.15) is 5.75 Å². The first kappa shape index (κ1) is 15.0. The first-order valence-corrected chi connectivity index (χ1v) is 7.25. The van der Waals surface area contributed by atoms with Gasteiger partial charge < -0.3 is 19.3 Å². The van der Waals surface area contributed by atoms with Crippen molar-refractivity contribution in [1.82, 2.24) is 0 Å². The van der Waals surface area contributed by atoms with Crippen molar-refractivity contribution in [3.8, 4) is 17.2 Å². The van der Waals surface area contributed by atoms with Gasteiger partial charge in [-0.3, -0.25) is 0 Å². The second-order valence-electron chi connectivity index (χ2n) is 4.94. The van der Waals surface area contributed by atoms with Crippen LogP contribution in [-0.2, 0) is 4.79 Å². The zero-order valence-corrected chi connectivity index (χ0v) is 12.6. The van der Waals surface area contributed by atoms with Gasteiger partial charge in [0.15, 0.2) is 11.5 Å². The fraction of sp³-hybridized carbons (Fsp3) is 0.167. The molecule has 118 valence electrons. The standard InChI is InChI=1S/C18H16O5/c1-2-21-14-5-3-4-12(8-14)9-15(18(19)20)13-6-7-16-17(10-13)23-11-22-16/h3-10H,2,11H2,1H3,(H,19,20)/b15-9-. The summed E-state index contributed by atoms with van der Waals surface area (Å²) in [7, 11) is 0. The smallest absolute Gasteiger partial charge is 0.336 e. The fourth-order valence-corrected chi connectivity index (χ4v) is 2.36. The van der Waals surface area contributed by atoms with E-state index in [0.29, 0.717) is 29.4 Å². The molecular formula is C18H16O5. The van der Waals surface area contributed by atoms with Crippen LogP contribution in [0.15, 0.2) is 42.5 Å². The van der Waals surface area contributed by atoms with E-state index < -0.39 is 5.97 Å². The van der Waals surface area contributed by atoms with Gasteiger partial charge in [-0.2, -0.15) is 0 Å². The quantitative estimate of drug-likeness (QED) is 0.677. The number of rotatable bonds is 5. The average Bonchev–Trinajstić information content (AvgIpc) is 3.00. The molecule has 0 saturated heterocycles. The molecular weight excluding hydrogens is 296 g/mol. The zero-order chi connectivity index (χ0) is 16.2. The molecule has 0 fully saturated rings. The van der Waals surface area contributed by atoms with Crippen molar-refractivity contribution in [3.05, 3.63) is 53.6 Å². The van der Waals surface area contributed by atoms with Gasteiger partial charge in [-0.25, -0.2) is 4.79 Å². The number of carboxylic acids is 1. The predicted octanol–water partition coefficient (Wildman–Crippen LogP) is 3.44. The van der Waals surface area contributed by atoms with E-state index in [2.05, 4.69) is 0 Å². The third-order valence-electron chi connectivity index (χ3n) is 3.39. The summed E-state index contributed by atoms with van der Waals surface area (Å²) in [5, 5.41) is 9.54. The predicted molar refractivity (Wildman–Crippen MR) is 85.7 cm³/mol. The first-order chi connectivity index (χ1) is 11.2. The molecule has 3 rings (SSSR count). The molecule has 5 nitrogen and oxygen atoms in total. The van der Waals surface area contributed by atoms with Gasteiger partial charge in [0, 0.05) is 0 Å². The summed E-state index contributed by atoms with van der Waals surface area (Å²) in [4.78, 5) is 11.6. The SMILES string of the molecule is CCOc1cccc(/C=C(\C(=O)O)c2ccc3c(c2)OCO3)c1. The van der Waals surface area contributed by atoms with E-state index in [-0.39, 0.29) is 12.4 Å². The highest BCUT2D eigenvalue weighted by Gasteiger charge is 2.17. The lowest BCUT2D eigenvalue weighted by atomic mass is 10.0. The minimum atomic E-state index is -1.01. The molecule has 0 saturated carbocycles. The topological polar surface area (TPSA) is 65.0 Å². The highest BCUT2D eigenvalue weighted by Crippen LogP contribution is 2.35. The van der Waals surface area contributed by atoms with Crippen LogP contribution in [-0.4, -0.2) is 24.5 Å². The molecule has 0 amide bonds. The monoisotopic (exact) mass is 312 g/mol. The lowest BCUT2D eigenvalue weighted by Crippen LogP contribution is -2.00. The molecule has 1 aliphatic heterocycles. The highest BCUT2D eigenvalue weighted by molar-refractivity contribution is 6.20. The van der Waals surface area contributed by atoms with E-state index in [0.717, 1.165) is 5.56 Å². The number of carbonyl (C=O) groups is 1. The van der Waals surface area contributed by atoms with Gasteiger partial charge in [0.2, 0.25) is 6.79 Å². The number of hydrogen-bond donors (Lipinski definition) is 1. The molecule has 0 aliphatic carbocycles. The van der Waals surface area contributed by atoms with Gasteiger partial charge in [-0.05, 0) is 48.4 Å². The van der Waals surface area contributed by atoms with Crippen molar-refractivity contribution < 1.29 is 24.1 Å². The van der Waals surface area contributed by atoms with E-state index in [1.165, 1.54) is 0 Å². The van der Waals surface area contributed by atoms with Crippen LogP contribution in [0.25, 0.3) is 11.6 Å². The van der Waals surface area contributed by atoms with Crippen molar-refractivity contribution >= 4 is 17.6 Å². The Morgan fingerprint density at radius 1 is 1.22 bits per heavy atom. The molecule has 0 spiro atoms. The molecule has 2 aromatic carbocycles. The van der Waals surface area contributed by atoms with Crippen molar-refractivity contribution in [2.24, 2.45) is 0 Å². The largest absolute Gasteiger partial charge is 0.494 e. The van der Waals surface area contributed by atoms with E-state index in [1.807, 2.05) is 25.1 Å². The maximum Gasteiger partial charge on any atom is 0.336 e. The molecule has 0 bridgehead atoms. The summed E-state index contributed by atoms with van der Waals surface area (Å²) in [6.45, 7) is 2.61. The van der Waals surface area contributed by atoms with Gasteiger partial charge in [0.05, 0.1) is 12.2 Å². The first-order valence-electron chi connectivity index (χ1n) is 7.25. The van der Waals surface area contributed by atoms with Crippen LogP contribution in [0.3, 0.4) is 0 Å². The normalized spacial score (nSPS) is 13.0. The molecule has 0 radical (unpaired) electrons. The van der Waals surface area contributed by atoms with Crippen molar-refractivity contribution in [2.45, 2.75) is 6.92 Å². The number of carboxylic acid groups (broad SMARTS) is 1. The minimum absolute atomic E-state index is 0.154. The molecule has 1 aliphatic rings. The van der Waals surface area contributed by atoms with Crippen LogP contribution in [0.5, 0.6) is 17.2 Å². The Kier molecular flexibility index (Phi) is 4.19. The second-order valence-corrected chi connectivity index (χ2v) is 4.94. The number of benzene rings is 2. The highest BCUT2D eigenvalue weighted by atomic mass is 16.7. The van der Waals surface area contributed by atoms with Crippen molar-refractivity contribution in [1.29, 1.82) is 0 Å². The molecule has 1 heterocycles. The van der Waals surface area contributed by atoms with Crippen molar-refractivity contribution in [2.75, 3.05) is 13.4 Å². The minimum Gasteiger partial charge on any atom is -0.494 e. The number of fused-ring (bicyclic) bond motifs is 1. The lowest BCUT2D eigenvalue weighted by Gasteiger charge is -2.06. The van der Waals surface area contributed by atoms with Crippen LogP contribution in [0.1, 0.15) is 18.1 Å². The van der Waals surface area contributed by atoms with Crippen LogP contribution >= 0.6 is 0 Å². The third kappa shape index (κ3) is 3.29. The Labute approximate surface area is 133 Å². The maximum atomic E-state index is 11.6. The summed E-state index contributed by atoms with van der Waals surface area (Å²) in [6.07, 6.45) is 1.61. The van der Waals surface area contributed by atoms with E-state index in [1.54, 1.807) is 30.3 Å². The Morgan fingerprint density at radius 2 is 2.04 bits per heavy atom. The van der Waals surface area contributed by atoms with Crippen LogP contribution in [0.2, 0.25) is 0 Å². The van der Waals surface area contributed by atoms with Crippen LogP contribution in [0, 0.1) is 0 Å². The molecule has 0 atom stereocenters. The lowest BCUT2D eigenvalue weighted by molar-refractivity contribution is -0.130. The zero-order valence-electron chi connectivity index (χ0n) is 12.6. The fourth-order valence-electron chi connectivity index (χ4n) is 2.36. The second kappa shape index (κ2) is 6.44. The average molecular weight is 312 g/mol. The summed E-state index contributed by atoms with van der Waals surface area (Å²) >= 11 is 0. The Bertz CT molecular complexity index is 764. The summed E-state index contributed by atoms with van der Waals surface area (Å²) < 4.78 is 16.0. The van der Waals surface area contributed by atoms with Crippen LogP contribution < -0.4 is 14.2 Å².